The van der Waals surface area contributed by atoms with Crippen molar-refractivity contribution in [3.63, 3.8) is 0 Å². The van der Waals surface area contributed by atoms with E-state index in [0.717, 1.165) is 16.9 Å². The lowest BCUT2D eigenvalue weighted by atomic mass is 10.1. The van der Waals surface area contributed by atoms with Crippen LogP contribution in [0, 0.1) is 20.8 Å². The van der Waals surface area contributed by atoms with Crippen molar-refractivity contribution in [1.82, 2.24) is 19.5 Å². The average molecular weight is 338 g/mol. The van der Waals surface area contributed by atoms with Gasteiger partial charge in [0.25, 0.3) is 0 Å². The fraction of sp³-hybridized carbons (Fsp3) is 0.316. The van der Waals surface area contributed by atoms with E-state index in [1.807, 2.05) is 30.7 Å². The van der Waals surface area contributed by atoms with Gasteiger partial charge in [-0.3, -0.25) is 4.98 Å². The molecule has 2 aromatic heterocycles. The Balaban J connectivity index is 1.68. The number of nitrogens with zero attached hydrogens (tertiary/aromatic N) is 4. The Labute approximate surface area is 147 Å². The molecule has 1 atom stereocenters. The first-order chi connectivity index (χ1) is 12.1. The van der Waals surface area contributed by atoms with E-state index in [2.05, 4.69) is 27.9 Å². The third-order valence-electron chi connectivity index (χ3n) is 4.21. The molecular formula is C19H22N4O2. The highest BCUT2D eigenvalue weighted by molar-refractivity contribution is 5.47. The van der Waals surface area contributed by atoms with Crippen molar-refractivity contribution < 1.29 is 9.84 Å². The van der Waals surface area contributed by atoms with Crippen LogP contribution >= 0.6 is 0 Å². The molecule has 0 saturated heterocycles. The van der Waals surface area contributed by atoms with E-state index in [4.69, 9.17) is 4.74 Å². The smallest absolute Gasteiger partial charge is 0.160 e. The van der Waals surface area contributed by atoms with E-state index >= 15 is 0 Å². The Kier molecular flexibility index (Phi) is 5.09. The van der Waals surface area contributed by atoms with Gasteiger partial charge >= 0.3 is 0 Å². The zero-order valence-electron chi connectivity index (χ0n) is 14.7. The number of aliphatic hydroxyl groups excluding tert-OH is 1. The summed E-state index contributed by atoms with van der Waals surface area (Å²) in [6.07, 6.45) is 7.73. The monoisotopic (exact) mass is 338 g/mol. The number of aliphatic hydroxyl groups is 1. The molecule has 0 fully saturated rings. The third kappa shape index (κ3) is 3.85. The second-order valence-corrected chi connectivity index (χ2v) is 6.11. The number of aryl methyl sites for hydroxylation is 2. The van der Waals surface area contributed by atoms with Gasteiger partial charge in [-0.2, -0.15) is 0 Å². The maximum atomic E-state index is 10.4. The van der Waals surface area contributed by atoms with Gasteiger partial charge in [0.1, 0.15) is 24.2 Å². The molecular weight excluding hydrogens is 316 g/mol. The molecule has 0 radical (unpaired) electrons. The molecule has 2 heterocycles. The molecule has 0 aliphatic carbocycles. The van der Waals surface area contributed by atoms with Gasteiger partial charge in [-0.15, -0.1) is 0 Å². The van der Waals surface area contributed by atoms with E-state index in [1.54, 1.807) is 24.8 Å². The van der Waals surface area contributed by atoms with Crippen LogP contribution < -0.4 is 4.74 Å². The van der Waals surface area contributed by atoms with Crippen LogP contribution in [0.3, 0.4) is 0 Å². The van der Waals surface area contributed by atoms with Crippen LogP contribution in [0.15, 0.2) is 43.1 Å². The number of ether oxygens (including phenoxy) is 1. The topological polar surface area (TPSA) is 73.1 Å². The normalized spacial score (nSPS) is 12.2. The zero-order chi connectivity index (χ0) is 17.8. The standard InChI is InChI=1S/C19H22N4O2/c1-13-4-5-14(2)18(15(13)3)25-12-16(24)11-23-9-8-22-19(23)17-10-20-6-7-21-17/h4-10,16,24H,11-12H2,1-3H3. The molecule has 3 rings (SSSR count). The molecule has 0 aliphatic rings. The Morgan fingerprint density at radius 2 is 1.88 bits per heavy atom. The second kappa shape index (κ2) is 7.44. The lowest BCUT2D eigenvalue weighted by Crippen LogP contribution is -2.24. The van der Waals surface area contributed by atoms with Gasteiger partial charge < -0.3 is 14.4 Å². The van der Waals surface area contributed by atoms with Crippen LogP contribution in [-0.4, -0.2) is 37.3 Å². The van der Waals surface area contributed by atoms with Crippen molar-refractivity contribution in [2.24, 2.45) is 0 Å². The van der Waals surface area contributed by atoms with E-state index in [0.29, 0.717) is 18.1 Å². The van der Waals surface area contributed by atoms with Crippen molar-refractivity contribution >= 4 is 0 Å². The molecule has 0 amide bonds. The quantitative estimate of drug-likeness (QED) is 0.748. The molecule has 1 aromatic carbocycles. The molecule has 25 heavy (non-hydrogen) atoms. The van der Waals surface area contributed by atoms with Crippen LogP contribution in [-0.2, 0) is 6.54 Å². The number of rotatable bonds is 6. The largest absolute Gasteiger partial charge is 0.490 e. The fourth-order valence-corrected chi connectivity index (χ4v) is 2.71. The van der Waals surface area contributed by atoms with E-state index < -0.39 is 6.10 Å². The van der Waals surface area contributed by atoms with Crippen molar-refractivity contribution in [2.75, 3.05) is 6.61 Å². The molecule has 6 heteroatoms. The SMILES string of the molecule is Cc1ccc(C)c(OCC(O)Cn2ccnc2-c2cnccn2)c1C. The van der Waals surface area contributed by atoms with Crippen LogP contribution in [0.25, 0.3) is 11.5 Å². The summed E-state index contributed by atoms with van der Waals surface area (Å²) in [6, 6.07) is 4.11. The van der Waals surface area contributed by atoms with E-state index in [9.17, 15) is 5.11 Å². The summed E-state index contributed by atoms with van der Waals surface area (Å²) in [5.41, 5.74) is 4.02. The maximum absolute atomic E-state index is 10.4. The minimum atomic E-state index is -0.663. The Morgan fingerprint density at radius 3 is 2.64 bits per heavy atom. The molecule has 0 aliphatic heterocycles. The Hall–Kier alpha value is -2.73. The van der Waals surface area contributed by atoms with Crippen molar-refractivity contribution in [3.05, 3.63) is 59.8 Å². The predicted molar refractivity (Wildman–Crippen MR) is 95.4 cm³/mol. The van der Waals surface area contributed by atoms with Gasteiger partial charge in [-0.25, -0.2) is 9.97 Å². The summed E-state index contributed by atoms with van der Waals surface area (Å²) >= 11 is 0. The van der Waals surface area contributed by atoms with Gasteiger partial charge in [0, 0.05) is 24.8 Å². The summed E-state index contributed by atoms with van der Waals surface area (Å²) in [6.45, 7) is 6.68. The lowest BCUT2D eigenvalue weighted by Gasteiger charge is -2.18. The predicted octanol–water partition coefficient (Wildman–Crippen LogP) is 2.71. The highest BCUT2D eigenvalue weighted by Gasteiger charge is 2.14. The van der Waals surface area contributed by atoms with Crippen LogP contribution in [0.1, 0.15) is 16.7 Å². The van der Waals surface area contributed by atoms with Crippen molar-refractivity contribution in [2.45, 2.75) is 33.4 Å². The summed E-state index contributed by atoms with van der Waals surface area (Å²) in [5, 5.41) is 10.4. The first-order valence-corrected chi connectivity index (χ1v) is 8.21. The van der Waals surface area contributed by atoms with E-state index in [1.165, 1.54) is 5.56 Å². The first kappa shape index (κ1) is 17.1. The van der Waals surface area contributed by atoms with E-state index in [-0.39, 0.29) is 6.61 Å². The number of benzene rings is 1. The Morgan fingerprint density at radius 1 is 1.08 bits per heavy atom. The van der Waals surface area contributed by atoms with Crippen LogP contribution in [0.4, 0.5) is 0 Å². The second-order valence-electron chi connectivity index (χ2n) is 6.11. The molecule has 0 bridgehead atoms. The van der Waals surface area contributed by atoms with Crippen LogP contribution in [0.5, 0.6) is 5.75 Å². The van der Waals surface area contributed by atoms with Gasteiger partial charge in [0.2, 0.25) is 0 Å². The molecule has 3 aromatic rings. The number of aromatic nitrogens is 4. The number of hydrogen-bond donors (Lipinski definition) is 1. The summed E-state index contributed by atoms with van der Waals surface area (Å²) in [5.74, 6) is 1.52. The van der Waals surface area contributed by atoms with Gasteiger partial charge in [-0.1, -0.05) is 12.1 Å². The van der Waals surface area contributed by atoms with Crippen molar-refractivity contribution in [1.29, 1.82) is 0 Å². The highest BCUT2D eigenvalue weighted by Crippen LogP contribution is 2.26. The first-order valence-electron chi connectivity index (χ1n) is 8.21. The van der Waals surface area contributed by atoms with Gasteiger partial charge in [0.15, 0.2) is 5.82 Å². The summed E-state index contributed by atoms with van der Waals surface area (Å²) in [7, 11) is 0. The maximum Gasteiger partial charge on any atom is 0.160 e. The van der Waals surface area contributed by atoms with Crippen molar-refractivity contribution in [3.8, 4) is 17.3 Å². The summed E-state index contributed by atoms with van der Waals surface area (Å²) < 4.78 is 7.75. The number of hydrogen-bond acceptors (Lipinski definition) is 5. The molecule has 1 unspecified atom stereocenters. The molecule has 130 valence electrons. The molecule has 0 saturated carbocycles. The molecule has 0 spiro atoms. The summed E-state index contributed by atoms with van der Waals surface area (Å²) in [4.78, 5) is 12.6. The molecule has 6 nitrogen and oxygen atoms in total. The lowest BCUT2D eigenvalue weighted by molar-refractivity contribution is 0.0921. The fourth-order valence-electron chi connectivity index (χ4n) is 2.71. The highest BCUT2D eigenvalue weighted by atomic mass is 16.5. The number of imidazole rings is 1. The Bertz CT molecular complexity index is 846. The van der Waals surface area contributed by atoms with Crippen LogP contribution in [0.2, 0.25) is 0 Å². The average Bonchev–Trinajstić information content (AvgIpc) is 3.07. The van der Waals surface area contributed by atoms with Gasteiger partial charge in [-0.05, 0) is 37.5 Å². The van der Waals surface area contributed by atoms with Gasteiger partial charge in [0.05, 0.1) is 12.7 Å². The minimum Gasteiger partial charge on any atom is -0.490 e. The zero-order valence-corrected chi connectivity index (χ0v) is 14.7. The minimum absolute atomic E-state index is 0.212. The third-order valence-corrected chi connectivity index (χ3v) is 4.21. The molecule has 1 N–H and O–H groups in total.